The lowest BCUT2D eigenvalue weighted by molar-refractivity contribution is 0.0529. The Balaban J connectivity index is 0.00000338. The summed E-state index contributed by atoms with van der Waals surface area (Å²) in [7, 11) is 0. The molecular weight excluding hydrogens is 441 g/mol. The third-order valence-corrected chi connectivity index (χ3v) is 4.79. The first-order valence-electron chi connectivity index (χ1n) is 9.45. The number of aryl methyl sites for hydroxylation is 1. The molecule has 26 heavy (non-hydrogen) atoms. The third-order valence-electron chi connectivity index (χ3n) is 4.79. The van der Waals surface area contributed by atoms with Crippen LogP contribution in [0.5, 0.6) is 0 Å². The van der Waals surface area contributed by atoms with E-state index in [4.69, 9.17) is 14.5 Å². The molecule has 2 rings (SSSR count). The fourth-order valence-electron chi connectivity index (χ4n) is 3.40. The van der Waals surface area contributed by atoms with Crippen LogP contribution in [-0.2, 0) is 14.9 Å². The number of hydrogen-bond acceptors (Lipinski definition) is 3. The minimum atomic E-state index is 0. The van der Waals surface area contributed by atoms with Crippen molar-refractivity contribution >= 4 is 29.9 Å². The summed E-state index contributed by atoms with van der Waals surface area (Å²) in [5.74, 6) is 0.863. The Bertz CT molecular complexity index is 546. The van der Waals surface area contributed by atoms with Gasteiger partial charge < -0.3 is 20.1 Å². The Hall–Kier alpha value is -0.860. The number of benzene rings is 1. The van der Waals surface area contributed by atoms with E-state index in [-0.39, 0.29) is 29.4 Å². The first kappa shape index (κ1) is 23.2. The molecule has 0 bridgehead atoms. The molecule has 2 N–H and O–H groups in total. The van der Waals surface area contributed by atoms with E-state index >= 15 is 0 Å². The smallest absolute Gasteiger partial charge is 0.191 e. The molecule has 0 amide bonds. The Morgan fingerprint density at radius 2 is 1.92 bits per heavy atom. The second-order valence-electron chi connectivity index (χ2n) is 6.53. The summed E-state index contributed by atoms with van der Waals surface area (Å²) in [6, 6.07) is 8.69. The molecule has 0 radical (unpaired) electrons. The highest BCUT2D eigenvalue weighted by Gasteiger charge is 2.35. The van der Waals surface area contributed by atoms with Gasteiger partial charge in [0.25, 0.3) is 0 Å². The van der Waals surface area contributed by atoms with Crippen LogP contribution in [0, 0.1) is 6.92 Å². The molecule has 0 atom stereocenters. The predicted octanol–water partition coefficient (Wildman–Crippen LogP) is 3.25. The normalized spacial score (nSPS) is 16.7. The van der Waals surface area contributed by atoms with Crippen LogP contribution in [-0.4, -0.2) is 52.0 Å². The maximum absolute atomic E-state index is 5.64. The lowest BCUT2D eigenvalue weighted by Crippen LogP contribution is -2.42. The van der Waals surface area contributed by atoms with Crippen LogP contribution in [0.3, 0.4) is 0 Å². The lowest BCUT2D eigenvalue weighted by Gasteiger charge is -2.37. The van der Waals surface area contributed by atoms with Gasteiger partial charge in [-0.25, -0.2) is 0 Å². The van der Waals surface area contributed by atoms with Crippen molar-refractivity contribution in [3.8, 4) is 0 Å². The molecule has 0 aliphatic carbocycles. The fraction of sp³-hybridized carbons (Fsp3) is 0.650. The Morgan fingerprint density at radius 1 is 1.19 bits per heavy atom. The number of nitrogens with zero attached hydrogens (tertiary/aromatic N) is 1. The van der Waals surface area contributed by atoms with Crippen molar-refractivity contribution in [2.24, 2.45) is 4.99 Å². The molecule has 1 aromatic carbocycles. The van der Waals surface area contributed by atoms with Gasteiger partial charge in [0, 0.05) is 38.3 Å². The predicted molar refractivity (Wildman–Crippen MR) is 119 cm³/mol. The average molecular weight is 475 g/mol. The molecule has 1 aromatic rings. The van der Waals surface area contributed by atoms with Crippen LogP contribution < -0.4 is 10.6 Å². The van der Waals surface area contributed by atoms with Crippen LogP contribution in [0.25, 0.3) is 0 Å². The van der Waals surface area contributed by atoms with E-state index in [1.54, 1.807) is 0 Å². The number of hydrogen-bond donors (Lipinski definition) is 2. The van der Waals surface area contributed by atoms with Gasteiger partial charge in [-0.05, 0) is 44.7 Å². The molecule has 1 fully saturated rings. The second-order valence-corrected chi connectivity index (χ2v) is 6.53. The Labute approximate surface area is 175 Å². The maximum Gasteiger partial charge on any atom is 0.191 e. The van der Waals surface area contributed by atoms with Crippen molar-refractivity contribution in [3.63, 3.8) is 0 Å². The number of nitrogens with one attached hydrogen (secondary N) is 2. The van der Waals surface area contributed by atoms with Crippen molar-refractivity contribution in [2.45, 2.75) is 39.0 Å². The van der Waals surface area contributed by atoms with Gasteiger partial charge in [-0.2, -0.15) is 0 Å². The molecule has 0 unspecified atom stereocenters. The lowest BCUT2D eigenvalue weighted by atomic mass is 9.72. The summed E-state index contributed by atoms with van der Waals surface area (Å²) in [6.45, 7) is 11.7. The van der Waals surface area contributed by atoms with Gasteiger partial charge in [-0.15, -0.1) is 24.0 Å². The molecular formula is C20H34IN3O2. The maximum atomic E-state index is 5.64. The molecule has 1 aliphatic rings. The van der Waals surface area contributed by atoms with Crippen molar-refractivity contribution < 1.29 is 9.47 Å². The zero-order valence-electron chi connectivity index (χ0n) is 16.3. The highest BCUT2D eigenvalue weighted by molar-refractivity contribution is 14.0. The van der Waals surface area contributed by atoms with Gasteiger partial charge in [0.05, 0.1) is 13.2 Å². The number of ether oxygens (including phenoxy) is 2. The van der Waals surface area contributed by atoms with E-state index in [0.29, 0.717) is 6.61 Å². The van der Waals surface area contributed by atoms with Gasteiger partial charge in [0.2, 0.25) is 0 Å². The van der Waals surface area contributed by atoms with Crippen molar-refractivity contribution in [1.82, 2.24) is 10.6 Å². The molecule has 0 aromatic heterocycles. The molecule has 1 heterocycles. The SMILES string of the molecule is CCNC(=NCC1(c2ccccc2C)CCOCC1)NCCOCC.I. The minimum Gasteiger partial charge on any atom is -0.381 e. The van der Waals surface area contributed by atoms with Gasteiger partial charge in [-0.1, -0.05) is 24.3 Å². The van der Waals surface area contributed by atoms with Crippen molar-refractivity contribution in [3.05, 3.63) is 35.4 Å². The highest BCUT2D eigenvalue weighted by Crippen LogP contribution is 2.36. The molecule has 0 saturated carbocycles. The van der Waals surface area contributed by atoms with Gasteiger partial charge in [0.15, 0.2) is 5.96 Å². The number of rotatable bonds is 8. The molecule has 148 valence electrons. The summed E-state index contributed by atoms with van der Waals surface area (Å²) in [5, 5.41) is 6.70. The summed E-state index contributed by atoms with van der Waals surface area (Å²) in [5.41, 5.74) is 2.81. The quantitative estimate of drug-likeness (QED) is 0.262. The zero-order chi connectivity index (χ0) is 18.0. The molecule has 5 nitrogen and oxygen atoms in total. The van der Waals surface area contributed by atoms with Crippen LogP contribution in [0.1, 0.15) is 37.8 Å². The van der Waals surface area contributed by atoms with Crippen LogP contribution in [0.2, 0.25) is 0 Å². The summed E-state index contributed by atoms with van der Waals surface area (Å²) in [4.78, 5) is 4.91. The van der Waals surface area contributed by atoms with Crippen LogP contribution in [0.4, 0.5) is 0 Å². The largest absolute Gasteiger partial charge is 0.381 e. The Morgan fingerprint density at radius 3 is 2.58 bits per heavy atom. The highest BCUT2D eigenvalue weighted by atomic mass is 127. The van der Waals surface area contributed by atoms with E-state index in [2.05, 4.69) is 48.7 Å². The van der Waals surface area contributed by atoms with Gasteiger partial charge in [0.1, 0.15) is 0 Å². The molecule has 1 saturated heterocycles. The van der Waals surface area contributed by atoms with Crippen LogP contribution in [0.15, 0.2) is 29.3 Å². The zero-order valence-corrected chi connectivity index (χ0v) is 18.7. The second kappa shape index (κ2) is 12.5. The average Bonchev–Trinajstić information content (AvgIpc) is 2.64. The van der Waals surface area contributed by atoms with E-state index in [1.165, 1.54) is 11.1 Å². The molecule has 1 aliphatic heterocycles. The summed E-state index contributed by atoms with van der Waals surface area (Å²) in [6.07, 6.45) is 2.03. The van der Waals surface area contributed by atoms with Crippen molar-refractivity contribution in [1.29, 1.82) is 0 Å². The van der Waals surface area contributed by atoms with E-state index < -0.39 is 0 Å². The standard InChI is InChI=1S/C20H33N3O2.HI/c1-4-21-19(22-12-15-24-5-2)23-16-20(10-13-25-14-11-20)18-9-7-6-8-17(18)3;/h6-9H,4-5,10-16H2,1-3H3,(H2,21,22,23);1H. The third kappa shape index (κ3) is 6.70. The van der Waals surface area contributed by atoms with E-state index in [9.17, 15) is 0 Å². The number of halogens is 1. The number of guanidine groups is 1. The summed E-state index contributed by atoms with van der Waals surface area (Å²) >= 11 is 0. The number of aliphatic imine (C=N–C) groups is 1. The Kier molecular flexibility index (Phi) is 11.2. The minimum absolute atomic E-state index is 0. The van der Waals surface area contributed by atoms with Crippen LogP contribution >= 0.6 is 24.0 Å². The van der Waals surface area contributed by atoms with Gasteiger partial charge in [-0.3, -0.25) is 4.99 Å². The fourth-order valence-corrected chi connectivity index (χ4v) is 3.40. The first-order chi connectivity index (χ1) is 12.2. The first-order valence-corrected chi connectivity index (χ1v) is 9.45. The van der Waals surface area contributed by atoms with E-state index in [0.717, 1.165) is 58.3 Å². The monoisotopic (exact) mass is 475 g/mol. The van der Waals surface area contributed by atoms with Crippen molar-refractivity contribution in [2.75, 3.05) is 46.1 Å². The molecule has 0 spiro atoms. The summed E-state index contributed by atoms with van der Waals surface area (Å²) < 4.78 is 11.0. The topological polar surface area (TPSA) is 54.9 Å². The van der Waals surface area contributed by atoms with E-state index in [1.807, 2.05) is 6.92 Å². The van der Waals surface area contributed by atoms with Gasteiger partial charge >= 0.3 is 0 Å². The molecule has 6 heteroatoms.